The molecule has 0 aliphatic rings. The highest BCUT2D eigenvalue weighted by atomic mass is 79.9. The molecule has 0 heterocycles. The van der Waals surface area contributed by atoms with E-state index >= 15 is 0 Å². The summed E-state index contributed by atoms with van der Waals surface area (Å²) in [5.41, 5.74) is 6.98. The number of thioether (sulfide) groups is 1. The molecule has 0 aliphatic carbocycles. The quantitative estimate of drug-likeness (QED) is 0.699. The number of hydrogen-bond acceptors (Lipinski definition) is 4. The summed E-state index contributed by atoms with van der Waals surface area (Å²) in [6.07, 6.45) is 0.698. The molecule has 0 saturated carbocycles. The predicted octanol–water partition coefficient (Wildman–Crippen LogP) is 2.47. The molecule has 1 aromatic carbocycles. The van der Waals surface area contributed by atoms with Crippen LogP contribution in [0.4, 0.5) is 11.4 Å². The molecule has 4 N–H and O–H groups in total. The molecule has 0 bridgehead atoms. The molecule has 0 spiro atoms. The number of benzene rings is 1. The first kappa shape index (κ1) is 15.3. The van der Waals surface area contributed by atoms with Gasteiger partial charge in [-0.15, -0.1) is 11.8 Å². The Labute approximate surface area is 119 Å². The van der Waals surface area contributed by atoms with Gasteiger partial charge in [0.25, 0.3) is 0 Å². The maximum absolute atomic E-state index is 11.7. The van der Waals surface area contributed by atoms with E-state index in [1.165, 1.54) is 11.8 Å². The fourth-order valence-corrected chi connectivity index (χ4v) is 2.58. The van der Waals surface area contributed by atoms with Crippen molar-refractivity contribution in [3.05, 3.63) is 22.7 Å². The van der Waals surface area contributed by atoms with Gasteiger partial charge in [0.05, 0.1) is 11.4 Å². The van der Waals surface area contributed by atoms with Gasteiger partial charge >= 0.3 is 0 Å². The molecule has 0 aliphatic heterocycles. The number of nitrogens with one attached hydrogen (secondary N) is 1. The van der Waals surface area contributed by atoms with E-state index in [1.807, 2.05) is 6.92 Å². The van der Waals surface area contributed by atoms with Gasteiger partial charge in [-0.3, -0.25) is 4.79 Å². The van der Waals surface area contributed by atoms with Crippen molar-refractivity contribution < 1.29 is 9.90 Å². The van der Waals surface area contributed by atoms with E-state index in [4.69, 9.17) is 10.8 Å². The van der Waals surface area contributed by atoms with Gasteiger partial charge in [-0.05, 0) is 40.5 Å². The van der Waals surface area contributed by atoms with Crippen molar-refractivity contribution in [3.8, 4) is 0 Å². The minimum atomic E-state index is -0.0599. The third kappa shape index (κ3) is 5.29. The van der Waals surface area contributed by atoms with E-state index in [1.54, 1.807) is 18.2 Å². The Morgan fingerprint density at radius 1 is 1.61 bits per heavy atom. The minimum absolute atomic E-state index is 0.0599. The predicted molar refractivity (Wildman–Crippen MR) is 80.8 cm³/mol. The van der Waals surface area contributed by atoms with E-state index in [9.17, 15) is 4.79 Å². The highest BCUT2D eigenvalue weighted by Gasteiger charge is 2.08. The van der Waals surface area contributed by atoms with Gasteiger partial charge in [0.2, 0.25) is 5.91 Å². The van der Waals surface area contributed by atoms with Crippen LogP contribution in [0.3, 0.4) is 0 Å². The molecule has 1 atom stereocenters. The summed E-state index contributed by atoms with van der Waals surface area (Å²) in [4.78, 5) is 11.7. The molecule has 0 saturated heterocycles. The lowest BCUT2D eigenvalue weighted by atomic mass is 10.3. The molecule has 18 heavy (non-hydrogen) atoms. The van der Waals surface area contributed by atoms with Crippen LogP contribution in [0.5, 0.6) is 0 Å². The number of aliphatic hydroxyl groups is 1. The van der Waals surface area contributed by atoms with Crippen LogP contribution in [0, 0.1) is 0 Å². The molecular weight excluding hydrogens is 316 g/mol. The van der Waals surface area contributed by atoms with E-state index in [2.05, 4.69) is 21.2 Å². The van der Waals surface area contributed by atoms with Crippen molar-refractivity contribution in [1.29, 1.82) is 0 Å². The number of carbonyl (C=O) groups is 1. The van der Waals surface area contributed by atoms with E-state index in [-0.39, 0.29) is 17.8 Å². The summed E-state index contributed by atoms with van der Waals surface area (Å²) in [5.74, 6) is 0.313. The third-order valence-corrected chi connectivity index (χ3v) is 4.19. The van der Waals surface area contributed by atoms with Crippen LogP contribution in [0.1, 0.15) is 13.3 Å². The first-order valence-electron chi connectivity index (χ1n) is 5.60. The van der Waals surface area contributed by atoms with Gasteiger partial charge in [-0.25, -0.2) is 0 Å². The Hall–Kier alpha value is -0.720. The van der Waals surface area contributed by atoms with Gasteiger partial charge in [0.15, 0.2) is 0 Å². The zero-order chi connectivity index (χ0) is 13.5. The number of carbonyl (C=O) groups excluding carboxylic acids is 1. The van der Waals surface area contributed by atoms with E-state index in [0.717, 1.165) is 4.47 Å². The van der Waals surface area contributed by atoms with Crippen LogP contribution in [-0.2, 0) is 4.79 Å². The summed E-state index contributed by atoms with van der Waals surface area (Å²) in [6, 6.07) is 5.25. The standard InChI is InChI=1S/C12H17BrN2O2S/c1-8(4-5-16)18-7-12(17)15-11-3-2-9(14)6-10(11)13/h2-3,6,8,16H,4-5,7,14H2,1H3,(H,15,17). The molecular formula is C12H17BrN2O2S. The molecule has 1 unspecified atom stereocenters. The van der Waals surface area contributed by atoms with Crippen LogP contribution in [0.2, 0.25) is 0 Å². The number of hydrogen-bond donors (Lipinski definition) is 3. The van der Waals surface area contributed by atoms with E-state index in [0.29, 0.717) is 23.5 Å². The Morgan fingerprint density at radius 3 is 2.94 bits per heavy atom. The van der Waals surface area contributed by atoms with Gasteiger partial charge in [-0.2, -0.15) is 0 Å². The highest BCUT2D eigenvalue weighted by molar-refractivity contribution is 9.10. The third-order valence-electron chi connectivity index (χ3n) is 2.30. The largest absolute Gasteiger partial charge is 0.399 e. The average molecular weight is 333 g/mol. The van der Waals surface area contributed by atoms with Gasteiger partial charge in [0.1, 0.15) is 0 Å². The molecule has 1 aromatic rings. The molecule has 6 heteroatoms. The lowest BCUT2D eigenvalue weighted by Gasteiger charge is -2.10. The summed E-state index contributed by atoms with van der Waals surface area (Å²) in [7, 11) is 0. The van der Waals surface area contributed by atoms with Crippen LogP contribution in [0.25, 0.3) is 0 Å². The number of anilines is 2. The van der Waals surface area contributed by atoms with Crippen molar-refractivity contribution >= 4 is 45.0 Å². The number of halogens is 1. The Bertz CT molecular complexity index is 415. The summed E-state index contributed by atoms with van der Waals surface area (Å²) < 4.78 is 0.768. The number of amides is 1. The van der Waals surface area contributed by atoms with E-state index < -0.39 is 0 Å². The molecule has 100 valence electrons. The Kier molecular flexibility index (Phi) is 6.52. The molecule has 1 rings (SSSR count). The van der Waals surface area contributed by atoms with Crippen molar-refractivity contribution in [1.82, 2.24) is 0 Å². The summed E-state index contributed by atoms with van der Waals surface area (Å²) in [5, 5.41) is 11.9. The SMILES string of the molecule is CC(CCO)SCC(=O)Nc1ccc(N)cc1Br. The van der Waals surface area contributed by atoms with Crippen LogP contribution in [0.15, 0.2) is 22.7 Å². The smallest absolute Gasteiger partial charge is 0.234 e. The Balaban J connectivity index is 2.44. The normalized spacial score (nSPS) is 12.2. The van der Waals surface area contributed by atoms with Gasteiger partial charge in [0, 0.05) is 22.0 Å². The van der Waals surface area contributed by atoms with Crippen molar-refractivity contribution in [2.75, 3.05) is 23.4 Å². The molecule has 4 nitrogen and oxygen atoms in total. The number of nitrogens with two attached hydrogens (primary N) is 1. The minimum Gasteiger partial charge on any atom is -0.399 e. The lowest BCUT2D eigenvalue weighted by Crippen LogP contribution is -2.16. The molecule has 0 aromatic heterocycles. The molecule has 0 radical (unpaired) electrons. The number of aliphatic hydroxyl groups excluding tert-OH is 1. The maximum Gasteiger partial charge on any atom is 0.234 e. The second-order valence-corrected chi connectivity index (χ2v) is 6.20. The van der Waals surface area contributed by atoms with Gasteiger partial charge in [-0.1, -0.05) is 6.92 Å². The monoisotopic (exact) mass is 332 g/mol. The van der Waals surface area contributed by atoms with Crippen molar-refractivity contribution in [2.24, 2.45) is 0 Å². The van der Waals surface area contributed by atoms with Crippen LogP contribution in [-0.4, -0.2) is 28.6 Å². The number of nitrogen functional groups attached to an aromatic ring is 1. The lowest BCUT2D eigenvalue weighted by molar-refractivity contribution is -0.113. The van der Waals surface area contributed by atoms with Crippen molar-refractivity contribution in [3.63, 3.8) is 0 Å². The van der Waals surface area contributed by atoms with Gasteiger partial charge < -0.3 is 16.2 Å². The van der Waals surface area contributed by atoms with Crippen LogP contribution < -0.4 is 11.1 Å². The fourth-order valence-electron chi connectivity index (χ4n) is 1.30. The maximum atomic E-state index is 11.7. The summed E-state index contributed by atoms with van der Waals surface area (Å²) >= 11 is 4.87. The fraction of sp³-hybridized carbons (Fsp3) is 0.417. The zero-order valence-electron chi connectivity index (χ0n) is 10.1. The molecule has 0 fully saturated rings. The zero-order valence-corrected chi connectivity index (χ0v) is 12.6. The second-order valence-electron chi connectivity index (χ2n) is 3.92. The first-order valence-corrected chi connectivity index (χ1v) is 7.44. The number of rotatable bonds is 6. The molecule has 1 amide bonds. The Morgan fingerprint density at radius 2 is 2.33 bits per heavy atom. The topological polar surface area (TPSA) is 75.3 Å². The van der Waals surface area contributed by atoms with Crippen molar-refractivity contribution in [2.45, 2.75) is 18.6 Å². The highest BCUT2D eigenvalue weighted by Crippen LogP contribution is 2.25. The van der Waals surface area contributed by atoms with Crippen LogP contribution >= 0.6 is 27.7 Å². The summed E-state index contributed by atoms with van der Waals surface area (Å²) in [6.45, 7) is 2.15. The first-order chi connectivity index (χ1) is 8.52. The average Bonchev–Trinajstić information content (AvgIpc) is 2.31. The second kappa shape index (κ2) is 7.66.